The molecule has 0 bridgehead atoms. The van der Waals surface area contributed by atoms with Gasteiger partial charge in [-0.1, -0.05) is 48.5 Å². The van der Waals surface area contributed by atoms with Gasteiger partial charge in [0.05, 0.1) is 0 Å². The fraction of sp³-hybridized carbons (Fsp3) is 0.263. The van der Waals surface area contributed by atoms with Crippen LogP contribution < -0.4 is 10.6 Å². The van der Waals surface area contributed by atoms with Crippen LogP contribution in [0, 0.1) is 0 Å². The van der Waals surface area contributed by atoms with E-state index in [9.17, 15) is 9.59 Å². The first-order chi connectivity index (χ1) is 11.6. The van der Waals surface area contributed by atoms with E-state index in [-0.39, 0.29) is 18.4 Å². The summed E-state index contributed by atoms with van der Waals surface area (Å²) < 4.78 is 5.37. The number of carbonyl (C=O) groups is 2. The molecule has 5 nitrogen and oxygen atoms in total. The van der Waals surface area contributed by atoms with Crippen LogP contribution in [0.1, 0.15) is 24.0 Å². The molecule has 24 heavy (non-hydrogen) atoms. The Balaban J connectivity index is 1.72. The fourth-order valence-corrected chi connectivity index (χ4v) is 3.10. The van der Waals surface area contributed by atoms with Crippen molar-refractivity contribution in [2.45, 2.75) is 18.9 Å². The van der Waals surface area contributed by atoms with Gasteiger partial charge in [-0.15, -0.1) is 0 Å². The molecule has 2 aromatic carbocycles. The quantitative estimate of drug-likeness (QED) is 0.908. The smallest absolute Gasteiger partial charge is 0.407 e. The molecule has 5 heteroatoms. The monoisotopic (exact) mass is 324 g/mol. The molecule has 0 unspecified atom stereocenters. The largest absolute Gasteiger partial charge is 0.449 e. The summed E-state index contributed by atoms with van der Waals surface area (Å²) in [6.45, 7) is 1.85. The van der Waals surface area contributed by atoms with Crippen molar-refractivity contribution in [2.24, 2.45) is 0 Å². The Labute approximate surface area is 141 Å². The van der Waals surface area contributed by atoms with Gasteiger partial charge in [0.25, 0.3) is 0 Å². The summed E-state index contributed by atoms with van der Waals surface area (Å²) in [6, 6.07) is 15.7. The number of hydrogen-bond acceptors (Lipinski definition) is 3. The van der Waals surface area contributed by atoms with Crippen molar-refractivity contribution >= 4 is 12.0 Å². The predicted octanol–water partition coefficient (Wildman–Crippen LogP) is 2.66. The van der Waals surface area contributed by atoms with E-state index >= 15 is 0 Å². The van der Waals surface area contributed by atoms with Crippen molar-refractivity contribution in [3.05, 3.63) is 59.7 Å². The number of ether oxygens (including phenoxy) is 1. The summed E-state index contributed by atoms with van der Waals surface area (Å²) in [7, 11) is 1.53. The Morgan fingerprint density at radius 2 is 1.58 bits per heavy atom. The first kappa shape index (κ1) is 16.1. The van der Waals surface area contributed by atoms with Gasteiger partial charge in [0.15, 0.2) is 0 Å². The van der Waals surface area contributed by atoms with Gasteiger partial charge in [-0.3, -0.25) is 4.79 Å². The van der Waals surface area contributed by atoms with Gasteiger partial charge in [0, 0.05) is 13.0 Å². The molecule has 1 aliphatic carbocycles. The summed E-state index contributed by atoms with van der Waals surface area (Å²) in [5.74, 6) is -0.248. The van der Waals surface area contributed by atoms with Crippen LogP contribution in [0.3, 0.4) is 0 Å². The van der Waals surface area contributed by atoms with Crippen LogP contribution >= 0.6 is 0 Å². The second-order valence-electron chi connectivity index (χ2n) is 5.81. The van der Waals surface area contributed by atoms with Gasteiger partial charge in [-0.25, -0.2) is 4.79 Å². The van der Waals surface area contributed by atoms with Crippen LogP contribution in [0.2, 0.25) is 0 Å². The normalized spacial score (nSPS) is 13.6. The van der Waals surface area contributed by atoms with Gasteiger partial charge in [-0.2, -0.15) is 0 Å². The molecule has 2 amide bonds. The molecule has 2 N–H and O–H groups in total. The maximum atomic E-state index is 11.9. The van der Waals surface area contributed by atoms with E-state index < -0.39 is 12.1 Å². The Bertz CT molecular complexity index is 727. The van der Waals surface area contributed by atoms with Gasteiger partial charge >= 0.3 is 6.09 Å². The van der Waals surface area contributed by atoms with Crippen LogP contribution in [0.25, 0.3) is 11.1 Å². The number of rotatable bonds is 4. The second kappa shape index (κ2) is 6.74. The van der Waals surface area contributed by atoms with Gasteiger partial charge in [0.1, 0.15) is 12.6 Å². The van der Waals surface area contributed by atoms with E-state index in [2.05, 4.69) is 34.9 Å². The molecular formula is C19H20N2O3. The number of hydrogen-bond donors (Lipinski definition) is 2. The summed E-state index contributed by atoms with van der Waals surface area (Å²) in [4.78, 5) is 23.4. The molecule has 1 atom stereocenters. The van der Waals surface area contributed by atoms with Crippen molar-refractivity contribution in [3.63, 3.8) is 0 Å². The van der Waals surface area contributed by atoms with Crippen LogP contribution in [0.5, 0.6) is 0 Å². The third kappa shape index (κ3) is 2.97. The minimum absolute atomic E-state index is 0.0125. The zero-order valence-electron chi connectivity index (χ0n) is 13.7. The minimum Gasteiger partial charge on any atom is -0.449 e. The average Bonchev–Trinajstić information content (AvgIpc) is 2.93. The molecule has 0 aliphatic heterocycles. The highest BCUT2D eigenvalue weighted by molar-refractivity contribution is 5.85. The number of likely N-dealkylation sites (N-methyl/N-ethyl adjacent to an activating group) is 1. The van der Waals surface area contributed by atoms with Crippen LogP contribution in [-0.4, -0.2) is 31.7 Å². The predicted molar refractivity (Wildman–Crippen MR) is 91.7 cm³/mol. The maximum absolute atomic E-state index is 11.9. The number of fused-ring (bicyclic) bond motifs is 3. The van der Waals surface area contributed by atoms with Crippen molar-refractivity contribution in [1.82, 2.24) is 10.6 Å². The highest BCUT2D eigenvalue weighted by atomic mass is 16.5. The lowest BCUT2D eigenvalue weighted by Crippen LogP contribution is -2.44. The van der Waals surface area contributed by atoms with Crippen molar-refractivity contribution in [3.8, 4) is 11.1 Å². The molecule has 0 radical (unpaired) electrons. The number of amides is 2. The highest BCUT2D eigenvalue weighted by Crippen LogP contribution is 2.44. The molecular weight excluding hydrogens is 304 g/mol. The van der Waals surface area contributed by atoms with E-state index in [1.807, 2.05) is 24.3 Å². The summed E-state index contributed by atoms with van der Waals surface area (Å²) in [5.41, 5.74) is 4.68. The summed E-state index contributed by atoms with van der Waals surface area (Å²) in [5, 5.41) is 5.01. The van der Waals surface area contributed by atoms with Gasteiger partial charge in [0.2, 0.25) is 5.91 Å². The molecule has 124 valence electrons. The van der Waals surface area contributed by atoms with Crippen molar-refractivity contribution in [1.29, 1.82) is 0 Å². The number of benzene rings is 2. The standard InChI is InChI=1S/C19H20N2O3/c1-12(18(22)20-2)21-19(23)24-11-17-15-9-5-3-7-13(15)14-8-4-6-10-16(14)17/h3-10,12,17H,11H2,1-2H3,(H,20,22)(H,21,23)/t12-/m1/s1. The highest BCUT2D eigenvalue weighted by Gasteiger charge is 2.29. The minimum atomic E-state index is -0.634. The van der Waals surface area contributed by atoms with Crippen molar-refractivity contribution in [2.75, 3.05) is 13.7 Å². The SMILES string of the molecule is CNC(=O)[C@@H](C)NC(=O)OCC1c2ccccc2-c2ccccc21. The average molecular weight is 324 g/mol. The van der Waals surface area contributed by atoms with Gasteiger partial charge in [-0.05, 0) is 29.2 Å². The van der Waals surface area contributed by atoms with E-state index in [0.29, 0.717) is 0 Å². The summed E-state index contributed by atoms with van der Waals surface area (Å²) >= 11 is 0. The number of nitrogens with one attached hydrogen (secondary N) is 2. The van der Waals surface area contributed by atoms with Crippen LogP contribution in [-0.2, 0) is 9.53 Å². The zero-order valence-corrected chi connectivity index (χ0v) is 13.7. The molecule has 3 rings (SSSR count). The third-order valence-electron chi connectivity index (χ3n) is 4.32. The van der Waals surface area contributed by atoms with Crippen LogP contribution in [0.4, 0.5) is 4.79 Å². The Morgan fingerprint density at radius 3 is 2.12 bits per heavy atom. The molecule has 0 saturated heterocycles. The van der Waals surface area contributed by atoms with E-state index in [1.54, 1.807) is 6.92 Å². The second-order valence-corrected chi connectivity index (χ2v) is 5.81. The van der Waals surface area contributed by atoms with E-state index in [4.69, 9.17) is 4.74 Å². The van der Waals surface area contributed by atoms with Crippen LogP contribution in [0.15, 0.2) is 48.5 Å². The molecule has 0 aromatic heterocycles. The molecule has 0 heterocycles. The zero-order chi connectivity index (χ0) is 17.1. The molecule has 0 saturated carbocycles. The number of carbonyl (C=O) groups excluding carboxylic acids is 2. The van der Waals surface area contributed by atoms with Crippen molar-refractivity contribution < 1.29 is 14.3 Å². The Hall–Kier alpha value is -2.82. The maximum Gasteiger partial charge on any atom is 0.407 e. The molecule has 1 aliphatic rings. The third-order valence-corrected chi connectivity index (χ3v) is 4.32. The lowest BCUT2D eigenvalue weighted by atomic mass is 9.98. The number of alkyl carbamates (subject to hydrolysis) is 1. The lowest BCUT2D eigenvalue weighted by Gasteiger charge is -2.16. The fourth-order valence-electron chi connectivity index (χ4n) is 3.10. The molecule has 0 fully saturated rings. The Kier molecular flexibility index (Phi) is 4.51. The van der Waals surface area contributed by atoms with E-state index in [1.165, 1.54) is 18.2 Å². The van der Waals surface area contributed by atoms with Gasteiger partial charge < -0.3 is 15.4 Å². The molecule has 0 spiro atoms. The Morgan fingerprint density at radius 1 is 1.04 bits per heavy atom. The summed E-state index contributed by atoms with van der Waals surface area (Å²) in [6.07, 6.45) is -0.590. The van der Waals surface area contributed by atoms with E-state index in [0.717, 1.165) is 11.1 Å². The first-order valence-electron chi connectivity index (χ1n) is 7.95. The first-order valence-corrected chi connectivity index (χ1v) is 7.95. The topological polar surface area (TPSA) is 67.4 Å². The molecule has 2 aromatic rings. The lowest BCUT2D eigenvalue weighted by molar-refractivity contribution is -0.122.